The fraction of sp³-hybridized carbons (Fsp3) is 0.357. The number of carbonyl (C=O) groups is 1. The number of benzene rings is 1. The monoisotopic (exact) mass is 341 g/mol. The number of nitrogens with zero attached hydrogens (tertiary/aromatic N) is 3. The van der Waals surface area contributed by atoms with Gasteiger partial charge in [-0.15, -0.1) is 22.6 Å². The summed E-state index contributed by atoms with van der Waals surface area (Å²) in [6, 6.07) is 7.72. The van der Waals surface area contributed by atoms with Gasteiger partial charge in [-0.3, -0.25) is 4.79 Å². The highest BCUT2D eigenvalue weighted by molar-refractivity contribution is 7.99. The van der Waals surface area contributed by atoms with Crippen LogP contribution in [0.5, 0.6) is 0 Å². The van der Waals surface area contributed by atoms with Crippen LogP contribution in [0.25, 0.3) is 0 Å². The number of anilines is 1. The van der Waals surface area contributed by atoms with E-state index in [1.165, 1.54) is 11.8 Å². The minimum Gasteiger partial charge on any atom is -0.326 e. The van der Waals surface area contributed by atoms with Crippen molar-refractivity contribution in [2.75, 3.05) is 18.9 Å². The summed E-state index contributed by atoms with van der Waals surface area (Å²) in [5.41, 5.74) is 0.812. The molecule has 0 radical (unpaired) electrons. The summed E-state index contributed by atoms with van der Waals surface area (Å²) in [4.78, 5) is 12.8. The molecule has 0 aliphatic carbocycles. The molecule has 0 unspecified atom stereocenters. The maximum atomic E-state index is 11.7. The molecule has 2 aromatic rings. The Kier molecular flexibility index (Phi) is 7.94. The van der Waals surface area contributed by atoms with Gasteiger partial charge in [0.05, 0.1) is 0 Å². The molecule has 0 atom stereocenters. The van der Waals surface area contributed by atoms with E-state index in [4.69, 9.17) is 0 Å². The number of hydrogen-bond acceptors (Lipinski definition) is 5. The molecule has 22 heavy (non-hydrogen) atoms. The molecule has 0 spiro atoms. The molecule has 1 amide bonds. The molecule has 2 N–H and O–H groups in total. The largest absolute Gasteiger partial charge is 0.326 e. The number of amides is 1. The van der Waals surface area contributed by atoms with E-state index in [2.05, 4.69) is 20.8 Å². The van der Waals surface area contributed by atoms with Crippen molar-refractivity contribution in [3.05, 3.63) is 30.6 Å². The Labute approximate surface area is 140 Å². The van der Waals surface area contributed by atoms with Crippen LogP contribution in [0, 0.1) is 0 Å². The van der Waals surface area contributed by atoms with Crippen molar-refractivity contribution in [2.45, 2.75) is 22.9 Å². The van der Waals surface area contributed by atoms with Gasteiger partial charge in [0.15, 0.2) is 5.16 Å². The molecule has 1 aromatic carbocycles. The molecular weight excluding hydrogens is 322 g/mol. The minimum atomic E-state index is 0. The fourth-order valence-corrected chi connectivity index (χ4v) is 2.49. The predicted octanol–water partition coefficient (Wildman–Crippen LogP) is 2.33. The first-order valence-electron chi connectivity index (χ1n) is 6.75. The van der Waals surface area contributed by atoms with E-state index in [1.807, 2.05) is 42.9 Å². The van der Waals surface area contributed by atoms with Gasteiger partial charge >= 0.3 is 0 Å². The van der Waals surface area contributed by atoms with Crippen LogP contribution >= 0.6 is 24.2 Å². The van der Waals surface area contributed by atoms with Crippen LogP contribution in [0.3, 0.4) is 0 Å². The molecule has 2 rings (SSSR count). The molecule has 6 nitrogen and oxygen atoms in total. The van der Waals surface area contributed by atoms with Gasteiger partial charge < -0.3 is 15.2 Å². The maximum absolute atomic E-state index is 11.7. The summed E-state index contributed by atoms with van der Waals surface area (Å²) in [6.07, 6.45) is 3.03. The van der Waals surface area contributed by atoms with Gasteiger partial charge in [0.1, 0.15) is 6.33 Å². The Hall–Kier alpha value is -1.57. The zero-order valence-corrected chi connectivity index (χ0v) is 14.2. The van der Waals surface area contributed by atoms with Crippen LogP contribution < -0.4 is 10.6 Å². The number of hydrogen-bond donors (Lipinski definition) is 2. The summed E-state index contributed by atoms with van der Waals surface area (Å²) in [5.74, 6) is 0.0407. The van der Waals surface area contributed by atoms with E-state index >= 15 is 0 Å². The van der Waals surface area contributed by atoms with Crippen LogP contribution in [0.2, 0.25) is 0 Å². The van der Waals surface area contributed by atoms with Gasteiger partial charge in [0.25, 0.3) is 0 Å². The normalized spacial score (nSPS) is 10.1. The van der Waals surface area contributed by atoms with Crippen molar-refractivity contribution in [1.29, 1.82) is 0 Å². The second-order valence-corrected chi connectivity index (χ2v) is 5.65. The highest BCUT2D eigenvalue weighted by atomic mass is 35.5. The van der Waals surface area contributed by atoms with Crippen molar-refractivity contribution in [1.82, 2.24) is 20.1 Å². The Morgan fingerprint density at radius 1 is 1.32 bits per heavy atom. The smallest absolute Gasteiger partial charge is 0.224 e. The molecule has 0 saturated carbocycles. The Morgan fingerprint density at radius 2 is 2.05 bits per heavy atom. The lowest BCUT2D eigenvalue weighted by Gasteiger charge is -2.06. The molecule has 0 bridgehead atoms. The number of carbonyl (C=O) groups excluding carboxylic acids is 1. The topological polar surface area (TPSA) is 71.8 Å². The van der Waals surface area contributed by atoms with Crippen LogP contribution in [-0.4, -0.2) is 34.3 Å². The van der Waals surface area contributed by atoms with Gasteiger partial charge in [-0.1, -0.05) is 0 Å². The van der Waals surface area contributed by atoms with E-state index in [9.17, 15) is 4.79 Å². The highest BCUT2D eigenvalue weighted by Crippen LogP contribution is 2.26. The summed E-state index contributed by atoms with van der Waals surface area (Å²) < 4.78 is 1.86. The number of aromatic nitrogens is 3. The standard InChI is InChI=1S/C14H19N5OS.ClH/c1-15-9-3-4-13(20)17-11-5-7-12(8-6-11)21-14-18-16-10-19(14)2;/h5-8,10,15H,3-4,9H2,1-2H3,(H,17,20);1H. The first kappa shape index (κ1) is 18.5. The molecule has 1 heterocycles. The van der Waals surface area contributed by atoms with Crippen molar-refractivity contribution in [3.63, 3.8) is 0 Å². The summed E-state index contributed by atoms with van der Waals surface area (Å²) in [6.45, 7) is 0.848. The number of nitrogens with one attached hydrogen (secondary N) is 2. The van der Waals surface area contributed by atoms with Crippen LogP contribution in [0.4, 0.5) is 5.69 Å². The van der Waals surface area contributed by atoms with E-state index in [0.717, 1.165) is 28.7 Å². The number of rotatable bonds is 7. The van der Waals surface area contributed by atoms with Crippen molar-refractivity contribution in [2.24, 2.45) is 7.05 Å². The van der Waals surface area contributed by atoms with E-state index in [-0.39, 0.29) is 18.3 Å². The molecule has 120 valence electrons. The minimum absolute atomic E-state index is 0. The van der Waals surface area contributed by atoms with Crippen molar-refractivity contribution >= 4 is 35.8 Å². The van der Waals surface area contributed by atoms with Gasteiger partial charge in [-0.2, -0.15) is 0 Å². The van der Waals surface area contributed by atoms with E-state index < -0.39 is 0 Å². The second-order valence-electron chi connectivity index (χ2n) is 4.61. The van der Waals surface area contributed by atoms with Gasteiger partial charge in [-0.25, -0.2) is 0 Å². The Morgan fingerprint density at radius 3 is 2.64 bits per heavy atom. The summed E-state index contributed by atoms with van der Waals surface area (Å²) in [5, 5.41) is 14.6. The van der Waals surface area contributed by atoms with Gasteiger partial charge in [0.2, 0.25) is 5.91 Å². The van der Waals surface area contributed by atoms with Gasteiger partial charge in [0, 0.05) is 24.1 Å². The molecule has 0 aliphatic heterocycles. The molecule has 0 aliphatic rings. The highest BCUT2D eigenvalue weighted by Gasteiger charge is 2.05. The first-order valence-corrected chi connectivity index (χ1v) is 7.57. The number of halogens is 1. The van der Waals surface area contributed by atoms with Crippen molar-refractivity contribution in [3.8, 4) is 0 Å². The van der Waals surface area contributed by atoms with Crippen LogP contribution in [0.1, 0.15) is 12.8 Å². The van der Waals surface area contributed by atoms with Crippen LogP contribution in [-0.2, 0) is 11.8 Å². The lowest BCUT2D eigenvalue weighted by Crippen LogP contribution is -2.15. The van der Waals surface area contributed by atoms with Crippen LogP contribution in [0.15, 0.2) is 40.6 Å². The third kappa shape index (κ3) is 5.67. The zero-order chi connectivity index (χ0) is 15.1. The average molecular weight is 342 g/mol. The molecule has 8 heteroatoms. The average Bonchev–Trinajstić information content (AvgIpc) is 2.87. The van der Waals surface area contributed by atoms with E-state index in [0.29, 0.717) is 6.42 Å². The molecule has 0 fully saturated rings. The summed E-state index contributed by atoms with van der Waals surface area (Å²) >= 11 is 1.53. The van der Waals surface area contributed by atoms with Gasteiger partial charge in [-0.05, 0) is 56.0 Å². The number of aryl methyl sites for hydroxylation is 1. The molecule has 0 saturated heterocycles. The van der Waals surface area contributed by atoms with E-state index in [1.54, 1.807) is 6.33 Å². The maximum Gasteiger partial charge on any atom is 0.224 e. The summed E-state index contributed by atoms with van der Waals surface area (Å²) in [7, 11) is 3.79. The zero-order valence-electron chi connectivity index (χ0n) is 12.6. The fourth-order valence-electron chi connectivity index (χ4n) is 1.73. The molecular formula is C14H20ClN5OS. The SMILES string of the molecule is CNCCCC(=O)Nc1ccc(Sc2nncn2C)cc1.Cl. The molecule has 1 aromatic heterocycles. The first-order chi connectivity index (χ1) is 10.2. The predicted molar refractivity (Wildman–Crippen MR) is 90.6 cm³/mol. The lowest BCUT2D eigenvalue weighted by atomic mass is 10.2. The Bertz CT molecular complexity index is 587. The third-order valence-corrected chi connectivity index (χ3v) is 3.91. The Balaban J connectivity index is 0.00000242. The second kappa shape index (κ2) is 9.45. The lowest BCUT2D eigenvalue weighted by molar-refractivity contribution is -0.116. The van der Waals surface area contributed by atoms with Crippen molar-refractivity contribution < 1.29 is 4.79 Å². The third-order valence-electron chi connectivity index (χ3n) is 2.85. The quantitative estimate of drug-likeness (QED) is 0.756.